The van der Waals surface area contributed by atoms with Crippen LogP contribution < -0.4 is 5.56 Å². The number of carbonyl (C=O) groups is 1. The molecule has 5 nitrogen and oxygen atoms in total. The van der Waals surface area contributed by atoms with E-state index in [1.807, 2.05) is 0 Å². The molecule has 0 bridgehead atoms. The van der Waals surface area contributed by atoms with Crippen molar-refractivity contribution in [1.82, 2.24) is 14.7 Å². The summed E-state index contributed by atoms with van der Waals surface area (Å²) >= 11 is 0. The van der Waals surface area contributed by atoms with Gasteiger partial charge in [0.05, 0.1) is 5.39 Å². The molecule has 0 unspecified atom stereocenters. The third-order valence-electron chi connectivity index (χ3n) is 4.76. The molecule has 1 aromatic heterocycles. The molecule has 0 fully saturated rings. The molecule has 3 aromatic rings. The van der Waals surface area contributed by atoms with Gasteiger partial charge in [-0.1, -0.05) is 56.2 Å². The molecule has 0 aliphatic carbocycles. The lowest BCUT2D eigenvalue weighted by molar-refractivity contribution is 0.0777. The van der Waals surface area contributed by atoms with E-state index in [0.717, 1.165) is 19.3 Å². The largest absolute Gasteiger partial charge is 0.336 e. The van der Waals surface area contributed by atoms with Crippen molar-refractivity contribution in [3.05, 3.63) is 76.0 Å². The second-order valence-corrected chi connectivity index (χ2v) is 6.88. The molecule has 0 N–H and O–H groups in total. The molecule has 1 amide bonds. The average Bonchev–Trinajstić information content (AvgIpc) is 2.71. The molecule has 0 atom stereocenters. The fourth-order valence-electron chi connectivity index (χ4n) is 3.19. The Morgan fingerprint density at radius 2 is 1.75 bits per heavy atom. The highest BCUT2D eigenvalue weighted by molar-refractivity contribution is 6.04. The van der Waals surface area contributed by atoms with E-state index >= 15 is 0 Å². The molecule has 0 spiro atoms. The number of fused-ring (bicyclic) bond motifs is 1. The molecule has 0 radical (unpaired) electrons. The second-order valence-electron chi connectivity index (χ2n) is 6.88. The Morgan fingerprint density at radius 1 is 1.07 bits per heavy atom. The fraction of sp³-hybridized carbons (Fsp3) is 0.318. The predicted molar refractivity (Wildman–Crippen MR) is 108 cm³/mol. The average molecular weight is 381 g/mol. The van der Waals surface area contributed by atoms with Gasteiger partial charge in [0.2, 0.25) is 0 Å². The van der Waals surface area contributed by atoms with E-state index in [1.54, 1.807) is 49.5 Å². The minimum Gasteiger partial charge on any atom is -0.336 e. The van der Waals surface area contributed by atoms with Crippen molar-refractivity contribution in [2.75, 3.05) is 7.05 Å². The van der Waals surface area contributed by atoms with Crippen molar-refractivity contribution in [3.63, 3.8) is 0 Å². The van der Waals surface area contributed by atoms with Gasteiger partial charge < -0.3 is 4.90 Å². The Balaban J connectivity index is 1.98. The van der Waals surface area contributed by atoms with Gasteiger partial charge >= 0.3 is 0 Å². The summed E-state index contributed by atoms with van der Waals surface area (Å²) < 4.78 is 15.3. The number of aryl methyl sites for hydroxylation is 1. The molecule has 6 heteroatoms. The number of nitrogens with zero attached hydrogens (tertiary/aromatic N) is 3. The van der Waals surface area contributed by atoms with Crippen LogP contribution in [0.4, 0.5) is 4.39 Å². The quantitative estimate of drug-likeness (QED) is 0.581. The lowest BCUT2D eigenvalue weighted by atomic mass is 10.1. The van der Waals surface area contributed by atoms with Gasteiger partial charge in [-0.25, -0.2) is 9.07 Å². The van der Waals surface area contributed by atoms with E-state index in [9.17, 15) is 14.0 Å². The summed E-state index contributed by atoms with van der Waals surface area (Å²) in [6.07, 6.45) is 2.83. The summed E-state index contributed by atoms with van der Waals surface area (Å²) in [7, 11) is 1.61. The zero-order chi connectivity index (χ0) is 20.1. The third kappa shape index (κ3) is 4.11. The second kappa shape index (κ2) is 8.78. The van der Waals surface area contributed by atoms with Gasteiger partial charge in [0.15, 0.2) is 5.69 Å². The molecular formula is C22H24FN3O2. The number of benzene rings is 2. The SMILES string of the molecule is CCCCCn1nc(C(=O)N(C)Cc2ccccc2F)c2ccccc2c1=O. The molecule has 0 saturated carbocycles. The first-order valence-corrected chi connectivity index (χ1v) is 9.51. The highest BCUT2D eigenvalue weighted by Crippen LogP contribution is 2.17. The smallest absolute Gasteiger partial charge is 0.274 e. The number of hydrogen-bond donors (Lipinski definition) is 0. The van der Waals surface area contributed by atoms with Gasteiger partial charge in [-0.05, 0) is 18.6 Å². The molecule has 1 heterocycles. The summed E-state index contributed by atoms with van der Waals surface area (Å²) in [6, 6.07) is 13.4. The van der Waals surface area contributed by atoms with Crippen LogP contribution in [0.5, 0.6) is 0 Å². The predicted octanol–water partition coefficient (Wildman–Crippen LogP) is 4.00. The summed E-state index contributed by atoms with van der Waals surface area (Å²) in [5.74, 6) is -0.701. The minimum absolute atomic E-state index is 0.122. The van der Waals surface area contributed by atoms with Crippen LogP contribution in [-0.2, 0) is 13.1 Å². The van der Waals surface area contributed by atoms with Gasteiger partial charge in [-0.2, -0.15) is 5.10 Å². The minimum atomic E-state index is -0.357. The van der Waals surface area contributed by atoms with E-state index in [2.05, 4.69) is 12.0 Å². The van der Waals surface area contributed by atoms with Crippen molar-refractivity contribution in [1.29, 1.82) is 0 Å². The van der Waals surface area contributed by atoms with Crippen molar-refractivity contribution >= 4 is 16.7 Å². The Hall–Kier alpha value is -3.02. The first-order chi connectivity index (χ1) is 13.5. The number of aromatic nitrogens is 2. The van der Waals surface area contributed by atoms with Crippen LogP contribution in [0.1, 0.15) is 42.2 Å². The van der Waals surface area contributed by atoms with Gasteiger partial charge in [0.25, 0.3) is 11.5 Å². The number of halogens is 1. The van der Waals surface area contributed by atoms with E-state index in [1.165, 1.54) is 15.6 Å². The number of amides is 1. The summed E-state index contributed by atoms with van der Waals surface area (Å²) in [6.45, 7) is 2.68. The van der Waals surface area contributed by atoms with E-state index in [-0.39, 0.29) is 29.5 Å². The summed E-state index contributed by atoms with van der Waals surface area (Å²) in [5.41, 5.74) is 0.449. The Kier molecular flexibility index (Phi) is 6.19. The zero-order valence-electron chi connectivity index (χ0n) is 16.2. The summed E-state index contributed by atoms with van der Waals surface area (Å²) in [5, 5.41) is 5.36. The van der Waals surface area contributed by atoms with Crippen molar-refractivity contribution in [3.8, 4) is 0 Å². The Labute approximate surface area is 163 Å². The third-order valence-corrected chi connectivity index (χ3v) is 4.76. The van der Waals surface area contributed by atoms with Crippen LogP contribution in [-0.4, -0.2) is 27.6 Å². The van der Waals surface area contributed by atoms with E-state index in [0.29, 0.717) is 22.9 Å². The Bertz CT molecular complexity index is 1050. The fourth-order valence-corrected chi connectivity index (χ4v) is 3.19. The van der Waals surface area contributed by atoms with Crippen molar-refractivity contribution in [2.24, 2.45) is 0 Å². The monoisotopic (exact) mass is 381 g/mol. The van der Waals surface area contributed by atoms with Gasteiger partial charge in [-0.3, -0.25) is 9.59 Å². The first kappa shape index (κ1) is 19.7. The maximum Gasteiger partial charge on any atom is 0.274 e. The van der Waals surface area contributed by atoms with Crippen LogP contribution in [0.15, 0.2) is 53.3 Å². The standard InChI is InChI=1S/C22H24FN3O2/c1-3-4-9-14-26-21(27)18-12-7-6-11-17(18)20(24-26)22(28)25(2)15-16-10-5-8-13-19(16)23/h5-8,10-13H,3-4,9,14-15H2,1-2H3. The van der Waals surface area contributed by atoms with Gasteiger partial charge in [0, 0.05) is 31.1 Å². The van der Waals surface area contributed by atoms with Gasteiger partial charge in [0.1, 0.15) is 5.82 Å². The van der Waals surface area contributed by atoms with Gasteiger partial charge in [-0.15, -0.1) is 0 Å². The lowest BCUT2D eigenvalue weighted by Crippen LogP contribution is -2.32. The van der Waals surface area contributed by atoms with Crippen molar-refractivity contribution < 1.29 is 9.18 Å². The number of unbranched alkanes of at least 4 members (excludes halogenated alkanes) is 2. The number of hydrogen-bond acceptors (Lipinski definition) is 3. The van der Waals surface area contributed by atoms with E-state index in [4.69, 9.17) is 0 Å². The van der Waals surface area contributed by atoms with Crippen LogP contribution >= 0.6 is 0 Å². The van der Waals surface area contributed by atoms with E-state index < -0.39 is 0 Å². The number of carbonyl (C=O) groups excluding carboxylic acids is 1. The molecule has 0 aliphatic rings. The normalized spacial score (nSPS) is 11.0. The molecular weight excluding hydrogens is 357 g/mol. The highest BCUT2D eigenvalue weighted by atomic mass is 19.1. The van der Waals surface area contributed by atoms with Crippen LogP contribution in [0.25, 0.3) is 10.8 Å². The summed E-state index contributed by atoms with van der Waals surface area (Å²) in [4.78, 5) is 27.2. The topological polar surface area (TPSA) is 55.2 Å². The Morgan fingerprint density at radius 3 is 2.46 bits per heavy atom. The molecule has 146 valence electrons. The zero-order valence-corrected chi connectivity index (χ0v) is 16.2. The maximum atomic E-state index is 14.0. The van der Waals surface area contributed by atoms with Crippen LogP contribution in [0.2, 0.25) is 0 Å². The molecule has 2 aromatic carbocycles. The van der Waals surface area contributed by atoms with Crippen LogP contribution in [0, 0.1) is 5.82 Å². The highest BCUT2D eigenvalue weighted by Gasteiger charge is 2.20. The lowest BCUT2D eigenvalue weighted by Gasteiger charge is -2.19. The first-order valence-electron chi connectivity index (χ1n) is 9.51. The van der Waals surface area contributed by atoms with Crippen molar-refractivity contribution in [2.45, 2.75) is 39.3 Å². The maximum absolute atomic E-state index is 14.0. The molecule has 0 saturated heterocycles. The molecule has 0 aliphatic heterocycles. The molecule has 28 heavy (non-hydrogen) atoms. The van der Waals surface area contributed by atoms with Crippen LogP contribution in [0.3, 0.4) is 0 Å². The molecule has 3 rings (SSSR count). The number of rotatable bonds is 7.